The summed E-state index contributed by atoms with van der Waals surface area (Å²) in [6, 6.07) is 4.24. The van der Waals surface area contributed by atoms with Crippen LogP contribution in [0.2, 0.25) is 0 Å². The largest absolute Gasteiger partial charge is 0.324 e. The minimum absolute atomic E-state index is 0.0370. The van der Waals surface area contributed by atoms with Crippen molar-refractivity contribution in [1.82, 2.24) is 14.4 Å². The van der Waals surface area contributed by atoms with E-state index < -0.39 is 14.9 Å². The van der Waals surface area contributed by atoms with E-state index in [1.807, 2.05) is 18.7 Å². The second-order valence-corrected chi connectivity index (χ2v) is 8.59. The number of nitro benzene ring substituents is 1. The normalized spacial score (nSPS) is 16.1. The van der Waals surface area contributed by atoms with Crippen LogP contribution in [-0.4, -0.2) is 54.0 Å². The highest BCUT2D eigenvalue weighted by molar-refractivity contribution is 7.89. The second kappa shape index (κ2) is 7.24. The fraction of sp³-hybridized carbons (Fsp3) is 0.500. The van der Waals surface area contributed by atoms with E-state index in [1.165, 1.54) is 16.4 Å². The third-order valence-corrected chi connectivity index (χ3v) is 6.50. The number of aromatic nitrogens is 2. The van der Waals surface area contributed by atoms with Gasteiger partial charge in [0.2, 0.25) is 10.0 Å². The summed E-state index contributed by atoms with van der Waals surface area (Å²) in [5.74, 6) is 0.744. The molecule has 1 aliphatic rings. The van der Waals surface area contributed by atoms with Crippen molar-refractivity contribution in [3.8, 4) is 0 Å². The molecular weight excluding hydrogens is 374 g/mol. The Hall–Kier alpha value is -2.53. The molecule has 0 bridgehead atoms. The van der Waals surface area contributed by atoms with E-state index in [-0.39, 0.29) is 29.6 Å². The monoisotopic (exact) mass is 395 g/mol. The number of hydrogen-bond acceptors (Lipinski definition) is 8. The Labute approximate surface area is 157 Å². The maximum Gasteiger partial charge on any atom is 0.324 e. The van der Waals surface area contributed by atoms with Gasteiger partial charge >= 0.3 is 6.01 Å². The molecule has 1 saturated heterocycles. The average Bonchev–Trinajstić information content (AvgIpc) is 3.12. The number of anilines is 1. The van der Waals surface area contributed by atoms with Gasteiger partial charge in [0.15, 0.2) is 5.82 Å². The Bertz CT molecular complexity index is 948. The van der Waals surface area contributed by atoms with E-state index in [0.717, 1.165) is 6.07 Å². The lowest BCUT2D eigenvalue weighted by Gasteiger charge is -2.33. The van der Waals surface area contributed by atoms with Gasteiger partial charge in [-0.15, -0.1) is 0 Å². The lowest BCUT2D eigenvalue weighted by molar-refractivity contribution is -0.385. The highest BCUT2D eigenvalue weighted by atomic mass is 32.2. The maximum atomic E-state index is 13.0. The van der Waals surface area contributed by atoms with Crippen molar-refractivity contribution < 1.29 is 17.9 Å². The van der Waals surface area contributed by atoms with Crippen molar-refractivity contribution in [3.63, 3.8) is 0 Å². The minimum atomic E-state index is -3.83. The second-order valence-electron chi connectivity index (χ2n) is 6.69. The van der Waals surface area contributed by atoms with E-state index in [4.69, 9.17) is 4.52 Å². The lowest BCUT2D eigenvalue weighted by Crippen LogP contribution is -2.48. The Kier molecular flexibility index (Phi) is 5.16. The first-order valence-corrected chi connectivity index (χ1v) is 9.98. The van der Waals surface area contributed by atoms with Gasteiger partial charge in [-0.1, -0.05) is 25.1 Å². The Morgan fingerprint density at radius 3 is 2.44 bits per heavy atom. The first-order valence-electron chi connectivity index (χ1n) is 8.54. The fourth-order valence-corrected chi connectivity index (χ4v) is 4.50. The molecule has 146 valence electrons. The molecule has 1 fully saturated rings. The van der Waals surface area contributed by atoms with Crippen molar-refractivity contribution in [2.45, 2.75) is 31.6 Å². The summed E-state index contributed by atoms with van der Waals surface area (Å²) in [6.45, 7) is 6.79. The van der Waals surface area contributed by atoms with Gasteiger partial charge in [-0.25, -0.2) is 8.42 Å². The Morgan fingerprint density at radius 2 is 1.89 bits per heavy atom. The molecule has 0 amide bonds. The van der Waals surface area contributed by atoms with Gasteiger partial charge in [-0.2, -0.15) is 9.29 Å². The summed E-state index contributed by atoms with van der Waals surface area (Å²) in [5, 5.41) is 14.9. The summed E-state index contributed by atoms with van der Waals surface area (Å²) in [6.07, 6.45) is 0. The zero-order chi connectivity index (χ0) is 19.8. The molecule has 1 aliphatic heterocycles. The highest BCUT2D eigenvalue weighted by Crippen LogP contribution is 2.26. The molecule has 2 heterocycles. The predicted molar refractivity (Wildman–Crippen MR) is 97.2 cm³/mol. The van der Waals surface area contributed by atoms with Crippen LogP contribution in [0.15, 0.2) is 27.6 Å². The molecule has 27 heavy (non-hydrogen) atoms. The summed E-state index contributed by atoms with van der Waals surface area (Å²) in [4.78, 5) is 16.5. The van der Waals surface area contributed by atoms with E-state index in [0.29, 0.717) is 30.5 Å². The standard InChI is InChI=1S/C16H21N5O5S/c1-11(2)15-17-16(26-18-15)19-6-8-20(9-7-19)27(24,25)14-10-13(21(22)23)5-4-12(14)3/h4-5,10-11H,6-9H2,1-3H3. The summed E-state index contributed by atoms with van der Waals surface area (Å²) >= 11 is 0. The zero-order valence-corrected chi connectivity index (χ0v) is 16.1. The molecule has 1 aromatic heterocycles. The molecule has 0 unspecified atom stereocenters. The number of rotatable bonds is 5. The molecule has 0 atom stereocenters. The number of non-ortho nitro benzene ring substituents is 1. The number of nitro groups is 1. The van der Waals surface area contributed by atoms with Gasteiger partial charge in [-0.05, 0) is 12.5 Å². The zero-order valence-electron chi connectivity index (χ0n) is 15.3. The van der Waals surface area contributed by atoms with Gasteiger partial charge in [0, 0.05) is 44.2 Å². The molecule has 10 nitrogen and oxygen atoms in total. The number of nitrogens with zero attached hydrogens (tertiary/aromatic N) is 5. The number of hydrogen-bond donors (Lipinski definition) is 0. The molecule has 3 rings (SSSR count). The fourth-order valence-electron chi connectivity index (χ4n) is 2.83. The summed E-state index contributed by atoms with van der Waals surface area (Å²) in [5.41, 5.74) is 0.228. The molecule has 1 aromatic carbocycles. The number of aryl methyl sites for hydroxylation is 1. The number of piperazine rings is 1. The quantitative estimate of drug-likeness (QED) is 0.556. The van der Waals surface area contributed by atoms with E-state index in [2.05, 4.69) is 10.1 Å². The first-order chi connectivity index (χ1) is 12.7. The third kappa shape index (κ3) is 3.78. The summed E-state index contributed by atoms with van der Waals surface area (Å²) in [7, 11) is -3.83. The SMILES string of the molecule is Cc1ccc([N+](=O)[O-])cc1S(=O)(=O)N1CCN(c2nc(C(C)C)no2)CC1. The molecular formula is C16H21N5O5S. The maximum absolute atomic E-state index is 13.0. The Morgan fingerprint density at radius 1 is 1.22 bits per heavy atom. The van der Waals surface area contributed by atoms with Crippen LogP contribution in [0, 0.1) is 17.0 Å². The van der Waals surface area contributed by atoms with Crippen LogP contribution in [0.3, 0.4) is 0 Å². The third-order valence-electron chi connectivity index (χ3n) is 4.46. The molecule has 0 radical (unpaired) electrons. The number of sulfonamides is 1. The van der Waals surface area contributed by atoms with Gasteiger partial charge in [0.1, 0.15) is 0 Å². The molecule has 0 saturated carbocycles. The molecule has 0 aliphatic carbocycles. The Balaban J connectivity index is 1.76. The van der Waals surface area contributed by atoms with Crippen LogP contribution in [-0.2, 0) is 10.0 Å². The highest BCUT2D eigenvalue weighted by Gasteiger charge is 2.32. The van der Waals surface area contributed by atoms with Crippen LogP contribution >= 0.6 is 0 Å². The predicted octanol–water partition coefficient (Wildman–Crippen LogP) is 1.92. The first kappa shape index (κ1) is 19.2. The van der Waals surface area contributed by atoms with E-state index in [1.54, 1.807) is 6.92 Å². The van der Waals surface area contributed by atoms with Gasteiger partial charge < -0.3 is 9.42 Å². The number of benzene rings is 1. The van der Waals surface area contributed by atoms with Crippen LogP contribution in [0.25, 0.3) is 0 Å². The van der Waals surface area contributed by atoms with Crippen molar-refractivity contribution in [2.75, 3.05) is 31.1 Å². The van der Waals surface area contributed by atoms with Crippen LogP contribution in [0.5, 0.6) is 0 Å². The molecule has 0 spiro atoms. The van der Waals surface area contributed by atoms with Gasteiger partial charge in [0.25, 0.3) is 5.69 Å². The molecule has 2 aromatic rings. The van der Waals surface area contributed by atoms with Gasteiger partial charge in [-0.3, -0.25) is 10.1 Å². The lowest BCUT2D eigenvalue weighted by atomic mass is 10.2. The van der Waals surface area contributed by atoms with Crippen molar-refractivity contribution >= 4 is 21.7 Å². The molecule has 11 heteroatoms. The van der Waals surface area contributed by atoms with Crippen molar-refractivity contribution in [1.29, 1.82) is 0 Å². The molecule has 0 N–H and O–H groups in total. The van der Waals surface area contributed by atoms with Crippen LogP contribution < -0.4 is 4.90 Å². The van der Waals surface area contributed by atoms with Crippen molar-refractivity contribution in [2.24, 2.45) is 0 Å². The van der Waals surface area contributed by atoms with Crippen LogP contribution in [0.4, 0.5) is 11.7 Å². The van der Waals surface area contributed by atoms with E-state index in [9.17, 15) is 18.5 Å². The minimum Gasteiger partial charge on any atom is -0.322 e. The topological polar surface area (TPSA) is 123 Å². The van der Waals surface area contributed by atoms with Crippen molar-refractivity contribution in [3.05, 3.63) is 39.7 Å². The van der Waals surface area contributed by atoms with E-state index >= 15 is 0 Å². The summed E-state index contributed by atoms with van der Waals surface area (Å²) < 4.78 is 32.5. The average molecular weight is 395 g/mol. The smallest absolute Gasteiger partial charge is 0.322 e. The van der Waals surface area contributed by atoms with Gasteiger partial charge in [0.05, 0.1) is 9.82 Å². The van der Waals surface area contributed by atoms with Crippen LogP contribution in [0.1, 0.15) is 31.2 Å².